The van der Waals surface area contributed by atoms with Gasteiger partial charge < -0.3 is 4.90 Å². The topological polar surface area (TPSA) is 44.1 Å². The van der Waals surface area contributed by atoms with Crippen LogP contribution < -0.4 is 0 Å². The first kappa shape index (κ1) is 14.0. The first-order chi connectivity index (χ1) is 8.08. The van der Waals surface area contributed by atoms with Crippen LogP contribution in [-0.2, 0) is 4.79 Å². The number of nitrogens with zero attached hydrogens (tertiary/aromatic N) is 2. The van der Waals surface area contributed by atoms with Crippen LogP contribution in [0.3, 0.4) is 0 Å². The molecule has 1 aliphatic carbocycles. The second-order valence-corrected chi connectivity index (χ2v) is 5.36. The van der Waals surface area contributed by atoms with Gasteiger partial charge in [-0.25, -0.2) is 0 Å². The molecule has 1 aliphatic rings. The third kappa shape index (κ3) is 4.03. The lowest BCUT2D eigenvalue weighted by Gasteiger charge is -2.31. The molecule has 1 unspecified atom stereocenters. The standard InChI is InChI=1S/C14H24N2O/c1-4-16(10-12(3)9-15)14(17)13-7-5-11(2)6-8-13/h11-13H,4-8,10H2,1-3H3. The number of nitriles is 1. The fourth-order valence-corrected chi connectivity index (χ4v) is 2.51. The molecule has 0 aromatic rings. The number of rotatable bonds is 4. The summed E-state index contributed by atoms with van der Waals surface area (Å²) >= 11 is 0. The molecule has 0 N–H and O–H groups in total. The maximum atomic E-state index is 12.3. The number of hydrogen-bond acceptors (Lipinski definition) is 2. The number of hydrogen-bond donors (Lipinski definition) is 0. The summed E-state index contributed by atoms with van der Waals surface area (Å²) in [5, 5.41) is 8.82. The first-order valence-electron chi connectivity index (χ1n) is 6.76. The molecule has 0 bridgehead atoms. The lowest BCUT2D eigenvalue weighted by atomic mass is 9.82. The third-order valence-corrected chi connectivity index (χ3v) is 3.77. The van der Waals surface area contributed by atoms with E-state index in [0.717, 1.165) is 25.3 Å². The molecule has 1 saturated carbocycles. The van der Waals surface area contributed by atoms with Crippen molar-refractivity contribution in [1.29, 1.82) is 5.26 Å². The Morgan fingerprint density at radius 1 is 1.41 bits per heavy atom. The van der Waals surface area contributed by atoms with Gasteiger partial charge in [0, 0.05) is 19.0 Å². The van der Waals surface area contributed by atoms with Crippen LogP contribution in [0.4, 0.5) is 0 Å². The molecule has 0 saturated heterocycles. The lowest BCUT2D eigenvalue weighted by molar-refractivity contribution is -0.137. The summed E-state index contributed by atoms with van der Waals surface area (Å²) in [6, 6.07) is 2.20. The fourth-order valence-electron chi connectivity index (χ4n) is 2.51. The van der Waals surface area contributed by atoms with Crippen molar-refractivity contribution in [2.24, 2.45) is 17.8 Å². The van der Waals surface area contributed by atoms with Crippen molar-refractivity contribution in [3.05, 3.63) is 0 Å². The Morgan fingerprint density at radius 3 is 2.47 bits per heavy atom. The van der Waals surface area contributed by atoms with E-state index in [1.54, 1.807) is 0 Å². The van der Waals surface area contributed by atoms with Crippen LogP contribution in [0.1, 0.15) is 46.5 Å². The van der Waals surface area contributed by atoms with Crippen molar-refractivity contribution in [1.82, 2.24) is 4.90 Å². The average molecular weight is 236 g/mol. The molecule has 3 nitrogen and oxygen atoms in total. The molecule has 0 heterocycles. The predicted molar refractivity (Wildman–Crippen MR) is 68.2 cm³/mol. The number of carbonyl (C=O) groups excluding carboxylic acids is 1. The van der Waals surface area contributed by atoms with Gasteiger partial charge in [-0.05, 0) is 45.4 Å². The van der Waals surface area contributed by atoms with Crippen LogP contribution >= 0.6 is 0 Å². The smallest absolute Gasteiger partial charge is 0.225 e. The Kier molecular flexibility index (Phi) is 5.47. The first-order valence-corrected chi connectivity index (χ1v) is 6.76. The maximum Gasteiger partial charge on any atom is 0.225 e. The van der Waals surface area contributed by atoms with Crippen molar-refractivity contribution >= 4 is 5.91 Å². The summed E-state index contributed by atoms with van der Waals surface area (Å²) in [5.74, 6) is 1.17. The predicted octanol–water partition coefficient (Wildman–Crippen LogP) is 2.82. The van der Waals surface area contributed by atoms with Gasteiger partial charge in [0.15, 0.2) is 0 Å². The molecule has 0 aromatic heterocycles. The SMILES string of the molecule is CCN(CC(C)C#N)C(=O)C1CCC(C)CC1. The summed E-state index contributed by atoms with van der Waals surface area (Å²) < 4.78 is 0. The molecule has 1 amide bonds. The van der Waals surface area contributed by atoms with Gasteiger partial charge in [0.05, 0.1) is 12.0 Å². The Balaban J connectivity index is 2.51. The summed E-state index contributed by atoms with van der Waals surface area (Å²) in [6.45, 7) is 7.43. The number of amides is 1. The van der Waals surface area contributed by atoms with Crippen molar-refractivity contribution in [3.8, 4) is 6.07 Å². The quantitative estimate of drug-likeness (QED) is 0.753. The van der Waals surface area contributed by atoms with Gasteiger partial charge in [0.1, 0.15) is 0 Å². The minimum Gasteiger partial charge on any atom is -0.341 e. The maximum absolute atomic E-state index is 12.3. The minimum atomic E-state index is -0.0681. The average Bonchev–Trinajstić information content (AvgIpc) is 2.35. The Labute approximate surface area is 105 Å². The van der Waals surface area contributed by atoms with E-state index in [4.69, 9.17) is 5.26 Å². The normalized spacial score (nSPS) is 26.0. The molecule has 1 rings (SSSR count). The van der Waals surface area contributed by atoms with Crippen LogP contribution in [0.15, 0.2) is 0 Å². The molecule has 1 fully saturated rings. The number of carbonyl (C=O) groups is 1. The second kappa shape index (κ2) is 6.64. The van der Waals surface area contributed by atoms with Crippen LogP contribution in [0, 0.1) is 29.1 Å². The van der Waals surface area contributed by atoms with E-state index in [2.05, 4.69) is 13.0 Å². The molecule has 0 radical (unpaired) electrons. The third-order valence-electron chi connectivity index (χ3n) is 3.77. The molecular weight excluding hydrogens is 212 g/mol. The molecular formula is C14H24N2O. The fraction of sp³-hybridized carbons (Fsp3) is 0.857. The Hall–Kier alpha value is -1.04. The van der Waals surface area contributed by atoms with Gasteiger partial charge in [-0.3, -0.25) is 4.79 Å². The zero-order valence-electron chi connectivity index (χ0n) is 11.3. The second-order valence-electron chi connectivity index (χ2n) is 5.36. The van der Waals surface area contributed by atoms with Gasteiger partial charge in [0.2, 0.25) is 5.91 Å². The Bertz CT molecular complexity index is 287. The highest BCUT2D eigenvalue weighted by atomic mass is 16.2. The lowest BCUT2D eigenvalue weighted by Crippen LogP contribution is -2.39. The monoisotopic (exact) mass is 236 g/mol. The molecule has 0 aromatic carbocycles. The molecule has 3 heteroatoms. The summed E-state index contributed by atoms with van der Waals surface area (Å²) in [5.41, 5.74) is 0. The largest absolute Gasteiger partial charge is 0.341 e. The van der Waals surface area contributed by atoms with Crippen molar-refractivity contribution in [2.75, 3.05) is 13.1 Å². The van der Waals surface area contributed by atoms with E-state index < -0.39 is 0 Å². The zero-order chi connectivity index (χ0) is 12.8. The summed E-state index contributed by atoms with van der Waals surface area (Å²) in [6.07, 6.45) is 4.39. The van der Waals surface area contributed by atoms with Gasteiger partial charge in [-0.2, -0.15) is 5.26 Å². The van der Waals surface area contributed by atoms with Gasteiger partial charge in [-0.15, -0.1) is 0 Å². The van der Waals surface area contributed by atoms with Crippen LogP contribution in [-0.4, -0.2) is 23.9 Å². The van der Waals surface area contributed by atoms with Crippen LogP contribution in [0.25, 0.3) is 0 Å². The molecule has 0 aliphatic heterocycles. The van der Waals surface area contributed by atoms with E-state index in [9.17, 15) is 4.79 Å². The highest BCUT2D eigenvalue weighted by Gasteiger charge is 2.27. The van der Waals surface area contributed by atoms with Crippen LogP contribution in [0.2, 0.25) is 0 Å². The zero-order valence-corrected chi connectivity index (χ0v) is 11.3. The Morgan fingerprint density at radius 2 is 2.00 bits per heavy atom. The van der Waals surface area contributed by atoms with E-state index in [1.807, 2.05) is 18.7 Å². The minimum absolute atomic E-state index is 0.0681. The molecule has 0 spiro atoms. The van der Waals surface area contributed by atoms with E-state index in [0.29, 0.717) is 6.54 Å². The highest BCUT2D eigenvalue weighted by Crippen LogP contribution is 2.29. The van der Waals surface area contributed by atoms with Gasteiger partial charge in [0.25, 0.3) is 0 Å². The van der Waals surface area contributed by atoms with Crippen molar-refractivity contribution < 1.29 is 4.79 Å². The van der Waals surface area contributed by atoms with E-state index >= 15 is 0 Å². The van der Waals surface area contributed by atoms with E-state index in [-0.39, 0.29) is 17.7 Å². The van der Waals surface area contributed by atoms with Gasteiger partial charge >= 0.3 is 0 Å². The van der Waals surface area contributed by atoms with E-state index in [1.165, 1.54) is 12.8 Å². The molecule has 96 valence electrons. The van der Waals surface area contributed by atoms with Gasteiger partial charge in [-0.1, -0.05) is 6.92 Å². The molecule has 17 heavy (non-hydrogen) atoms. The van der Waals surface area contributed by atoms with Crippen molar-refractivity contribution in [2.45, 2.75) is 46.5 Å². The highest BCUT2D eigenvalue weighted by molar-refractivity contribution is 5.78. The summed E-state index contributed by atoms with van der Waals surface area (Å²) in [4.78, 5) is 14.2. The molecule has 1 atom stereocenters. The van der Waals surface area contributed by atoms with Crippen molar-refractivity contribution in [3.63, 3.8) is 0 Å². The van der Waals surface area contributed by atoms with Crippen LogP contribution in [0.5, 0.6) is 0 Å². The summed E-state index contributed by atoms with van der Waals surface area (Å²) in [7, 11) is 0.